The molecule has 0 radical (unpaired) electrons. The molecule has 0 amide bonds. The Morgan fingerprint density at radius 1 is 1.78 bits per heavy atom. The fourth-order valence-electron chi connectivity index (χ4n) is 0.340. The van der Waals surface area contributed by atoms with Gasteiger partial charge in [0.25, 0.3) is 0 Å². The summed E-state index contributed by atoms with van der Waals surface area (Å²) in [6.07, 6.45) is 0. The van der Waals surface area contributed by atoms with Crippen molar-refractivity contribution in [3.8, 4) is 0 Å². The number of thiol groups is 1. The van der Waals surface area contributed by atoms with Gasteiger partial charge in [-0.3, -0.25) is 10.1 Å². The lowest BCUT2D eigenvalue weighted by molar-refractivity contribution is -0.139. The van der Waals surface area contributed by atoms with Gasteiger partial charge >= 0.3 is 5.97 Å². The highest BCUT2D eigenvalue weighted by atomic mass is 32.1. The Bertz CT molecular complexity index is 97.8. The van der Waals surface area contributed by atoms with Crippen LogP contribution >= 0.6 is 12.6 Å². The largest absolute Gasteiger partial charge is 0.480 e. The molecule has 0 aromatic heterocycles. The van der Waals surface area contributed by atoms with Gasteiger partial charge in [0.05, 0.1) is 6.73 Å². The predicted molar refractivity (Wildman–Crippen MR) is 35.5 cm³/mol. The van der Waals surface area contributed by atoms with E-state index in [1.807, 2.05) is 0 Å². The van der Waals surface area contributed by atoms with E-state index in [2.05, 4.69) is 17.9 Å². The summed E-state index contributed by atoms with van der Waals surface area (Å²) in [5.41, 5.74) is 0. The highest BCUT2D eigenvalue weighted by molar-refractivity contribution is 7.80. The van der Waals surface area contributed by atoms with Crippen LogP contribution in [0.25, 0.3) is 0 Å². The molecule has 1 atom stereocenters. The van der Waals surface area contributed by atoms with Crippen LogP contribution in [-0.4, -0.2) is 34.7 Å². The summed E-state index contributed by atoms with van der Waals surface area (Å²) in [6, 6.07) is -0.752. The molecule has 0 aromatic carbocycles. The maximum Gasteiger partial charge on any atom is 0.321 e. The van der Waals surface area contributed by atoms with E-state index in [9.17, 15) is 4.79 Å². The van der Waals surface area contributed by atoms with E-state index in [0.717, 1.165) is 0 Å². The second kappa shape index (κ2) is 4.60. The van der Waals surface area contributed by atoms with Gasteiger partial charge in [0, 0.05) is 5.75 Å². The SMILES string of the molecule is O=C(O)[C@H](CS)NCO. The first-order valence-corrected chi connectivity index (χ1v) is 3.03. The normalized spacial score (nSPS) is 13.1. The van der Waals surface area contributed by atoms with Gasteiger partial charge in [-0.1, -0.05) is 0 Å². The molecule has 0 bridgehead atoms. The Hall–Kier alpha value is -0.260. The molecule has 0 aliphatic carbocycles. The lowest BCUT2D eigenvalue weighted by Gasteiger charge is -2.07. The molecule has 0 heterocycles. The standard InChI is InChI=1S/C4H9NO3S/c6-2-5-3(1-9)4(7)8/h3,5-6,9H,1-2H2,(H,7,8)/t3-/m0/s1. The highest BCUT2D eigenvalue weighted by Gasteiger charge is 2.12. The van der Waals surface area contributed by atoms with Gasteiger partial charge in [-0.05, 0) is 0 Å². The maximum absolute atomic E-state index is 10.1. The summed E-state index contributed by atoms with van der Waals surface area (Å²) >= 11 is 3.73. The molecule has 0 unspecified atom stereocenters. The van der Waals surface area contributed by atoms with Crippen LogP contribution in [0.4, 0.5) is 0 Å². The van der Waals surface area contributed by atoms with Crippen molar-refractivity contribution < 1.29 is 15.0 Å². The Labute approximate surface area is 58.3 Å². The summed E-state index contributed by atoms with van der Waals surface area (Å²) in [5, 5.41) is 18.8. The van der Waals surface area contributed by atoms with Crippen LogP contribution < -0.4 is 5.32 Å². The zero-order chi connectivity index (χ0) is 7.28. The Morgan fingerprint density at radius 3 is 2.44 bits per heavy atom. The topological polar surface area (TPSA) is 69.6 Å². The van der Waals surface area contributed by atoms with Gasteiger partial charge in [-0.15, -0.1) is 0 Å². The van der Waals surface area contributed by atoms with Crippen LogP contribution in [0, 0.1) is 0 Å². The average Bonchev–Trinajstić information content (AvgIpc) is 1.82. The van der Waals surface area contributed by atoms with Gasteiger partial charge in [-0.2, -0.15) is 12.6 Å². The number of aliphatic carboxylic acids is 1. The monoisotopic (exact) mass is 151 g/mol. The first-order chi connectivity index (χ1) is 4.22. The Morgan fingerprint density at radius 2 is 2.33 bits per heavy atom. The number of hydrogen-bond acceptors (Lipinski definition) is 4. The van der Waals surface area contributed by atoms with E-state index in [-0.39, 0.29) is 12.5 Å². The number of hydrogen-bond donors (Lipinski definition) is 4. The van der Waals surface area contributed by atoms with Crippen LogP contribution in [0.2, 0.25) is 0 Å². The minimum absolute atomic E-state index is 0.176. The molecule has 0 spiro atoms. The molecule has 5 heteroatoms. The highest BCUT2D eigenvalue weighted by Crippen LogP contribution is 1.85. The van der Waals surface area contributed by atoms with Gasteiger partial charge in [0.1, 0.15) is 6.04 Å². The zero-order valence-corrected chi connectivity index (χ0v) is 5.64. The van der Waals surface area contributed by atoms with Gasteiger partial charge < -0.3 is 10.2 Å². The molecule has 4 nitrogen and oxygen atoms in total. The lowest BCUT2D eigenvalue weighted by atomic mass is 10.3. The molecule has 0 fully saturated rings. The molecule has 0 aliphatic rings. The number of carboxylic acids is 1. The van der Waals surface area contributed by atoms with E-state index in [1.54, 1.807) is 0 Å². The van der Waals surface area contributed by atoms with Crippen molar-refractivity contribution in [1.82, 2.24) is 5.32 Å². The zero-order valence-electron chi connectivity index (χ0n) is 4.74. The van der Waals surface area contributed by atoms with Crippen LogP contribution in [0.3, 0.4) is 0 Å². The number of rotatable bonds is 4. The van der Waals surface area contributed by atoms with Crippen LogP contribution in [0.5, 0.6) is 0 Å². The minimum Gasteiger partial charge on any atom is -0.480 e. The number of nitrogens with one attached hydrogen (secondary N) is 1. The molecule has 0 saturated carbocycles. The third-order valence-corrected chi connectivity index (χ3v) is 1.18. The molecule has 0 rings (SSSR count). The van der Waals surface area contributed by atoms with Gasteiger partial charge in [0.15, 0.2) is 0 Å². The summed E-state index contributed by atoms with van der Waals surface area (Å²) < 4.78 is 0. The van der Waals surface area contributed by atoms with Crippen molar-refractivity contribution in [2.75, 3.05) is 12.5 Å². The number of aliphatic hydroxyl groups excluding tert-OH is 1. The van der Waals surface area contributed by atoms with Crippen LogP contribution in [0.1, 0.15) is 0 Å². The maximum atomic E-state index is 10.1. The lowest BCUT2D eigenvalue weighted by Crippen LogP contribution is -2.38. The Kier molecular flexibility index (Phi) is 4.47. The molecular weight excluding hydrogens is 142 g/mol. The fourth-order valence-corrected chi connectivity index (χ4v) is 0.625. The third-order valence-electron chi connectivity index (χ3n) is 0.818. The first kappa shape index (κ1) is 8.74. The summed E-state index contributed by atoms with van der Waals surface area (Å²) in [6.45, 7) is -0.336. The summed E-state index contributed by atoms with van der Waals surface area (Å²) in [7, 11) is 0. The van der Waals surface area contributed by atoms with E-state index in [0.29, 0.717) is 0 Å². The van der Waals surface area contributed by atoms with Crippen molar-refractivity contribution in [2.45, 2.75) is 6.04 Å². The van der Waals surface area contributed by atoms with Crippen LogP contribution in [0.15, 0.2) is 0 Å². The fraction of sp³-hybridized carbons (Fsp3) is 0.750. The number of aliphatic hydroxyl groups is 1. The molecule has 0 saturated heterocycles. The molecule has 3 N–H and O–H groups in total. The van der Waals surface area contributed by atoms with E-state index >= 15 is 0 Å². The molecule has 54 valence electrons. The molecule has 0 aromatic rings. The first-order valence-electron chi connectivity index (χ1n) is 2.40. The van der Waals surface area contributed by atoms with Crippen molar-refractivity contribution in [2.24, 2.45) is 0 Å². The quantitative estimate of drug-likeness (QED) is 0.304. The summed E-state index contributed by atoms with van der Waals surface area (Å²) in [4.78, 5) is 10.1. The van der Waals surface area contributed by atoms with Crippen molar-refractivity contribution in [3.05, 3.63) is 0 Å². The third kappa shape index (κ3) is 3.34. The van der Waals surface area contributed by atoms with E-state index < -0.39 is 12.0 Å². The number of carboxylic acid groups (broad SMARTS) is 1. The van der Waals surface area contributed by atoms with Crippen molar-refractivity contribution >= 4 is 18.6 Å². The van der Waals surface area contributed by atoms with Crippen LogP contribution in [-0.2, 0) is 4.79 Å². The second-order valence-corrected chi connectivity index (χ2v) is 1.80. The van der Waals surface area contributed by atoms with Gasteiger partial charge in [0.2, 0.25) is 0 Å². The Balaban J connectivity index is 3.54. The van der Waals surface area contributed by atoms with Crippen molar-refractivity contribution in [3.63, 3.8) is 0 Å². The van der Waals surface area contributed by atoms with E-state index in [1.165, 1.54) is 0 Å². The van der Waals surface area contributed by atoms with Crippen molar-refractivity contribution in [1.29, 1.82) is 0 Å². The molecule has 0 aliphatic heterocycles. The average molecular weight is 151 g/mol. The number of carbonyl (C=O) groups is 1. The summed E-state index contributed by atoms with van der Waals surface area (Å²) in [5.74, 6) is -0.824. The molecule has 9 heavy (non-hydrogen) atoms. The van der Waals surface area contributed by atoms with E-state index in [4.69, 9.17) is 10.2 Å². The molecular formula is C4H9NO3S. The van der Waals surface area contributed by atoms with Gasteiger partial charge in [-0.25, -0.2) is 0 Å². The minimum atomic E-state index is -1.00. The predicted octanol–water partition coefficient (Wildman–Crippen LogP) is -1.09. The smallest absolute Gasteiger partial charge is 0.321 e. The second-order valence-electron chi connectivity index (χ2n) is 1.44.